The Kier molecular flexibility index (Phi) is 5.84. The minimum Gasteiger partial charge on any atom is -0.507 e. The van der Waals surface area contributed by atoms with Gasteiger partial charge in [0.1, 0.15) is 17.1 Å². The summed E-state index contributed by atoms with van der Waals surface area (Å²) in [5, 5.41) is 44.0. The van der Waals surface area contributed by atoms with Crippen LogP contribution in [0.3, 0.4) is 0 Å². The SMILES string of the molecule is CC(C)(C)[Si](C)(C)OCC(=O)[C@]1(O)Cc2c(O)c3c(c(O)c2[C@@H](O)C1)C(=O)c1ccccc1C3=O. The highest BCUT2D eigenvalue weighted by Crippen LogP contribution is 2.50. The number of benzene rings is 2. The highest BCUT2D eigenvalue weighted by atomic mass is 28.4. The average Bonchev–Trinajstić information content (AvgIpc) is 2.77. The van der Waals surface area contributed by atoms with E-state index in [1.807, 2.05) is 33.9 Å². The summed E-state index contributed by atoms with van der Waals surface area (Å²) in [4.78, 5) is 39.3. The van der Waals surface area contributed by atoms with Crippen LogP contribution in [0, 0.1) is 0 Å². The molecule has 0 aromatic heterocycles. The Labute approximate surface area is 204 Å². The van der Waals surface area contributed by atoms with Crippen molar-refractivity contribution in [2.75, 3.05) is 6.61 Å². The van der Waals surface area contributed by atoms with Gasteiger partial charge in [-0.05, 0) is 18.1 Å². The average molecular weight is 499 g/mol. The molecule has 0 saturated carbocycles. The molecule has 0 bridgehead atoms. The lowest BCUT2D eigenvalue weighted by atomic mass is 9.72. The van der Waals surface area contributed by atoms with Crippen LogP contribution in [-0.2, 0) is 15.6 Å². The van der Waals surface area contributed by atoms with Crippen molar-refractivity contribution in [3.05, 3.63) is 57.6 Å². The molecule has 0 fully saturated rings. The normalized spacial score (nSPS) is 21.9. The second kappa shape index (κ2) is 8.09. The Bertz CT molecular complexity index is 1270. The van der Waals surface area contributed by atoms with Crippen LogP contribution >= 0.6 is 0 Å². The van der Waals surface area contributed by atoms with E-state index in [9.17, 15) is 34.8 Å². The molecule has 2 aromatic carbocycles. The van der Waals surface area contributed by atoms with E-state index in [4.69, 9.17) is 4.43 Å². The van der Waals surface area contributed by atoms with Gasteiger partial charge in [0.05, 0.1) is 23.8 Å². The third-order valence-electron chi connectivity index (χ3n) is 7.68. The van der Waals surface area contributed by atoms with E-state index in [2.05, 4.69) is 0 Å². The van der Waals surface area contributed by atoms with Crippen molar-refractivity contribution in [3.63, 3.8) is 0 Å². The van der Waals surface area contributed by atoms with Crippen molar-refractivity contribution in [3.8, 4) is 11.5 Å². The predicted octanol–water partition coefficient (Wildman–Crippen LogP) is 3.17. The monoisotopic (exact) mass is 498 g/mol. The number of hydrogen-bond acceptors (Lipinski definition) is 8. The number of phenolic OH excluding ortho intramolecular Hbond substituents is 2. The first-order chi connectivity index (χ1) is 16.1. The number of phenols is 2. The summed E-state index contributed by atoms with van der Waals surface area (Å²) in [6, 6.07) is 6.05. The van der Waals surface area contributed by atoms with Gasteiger partial charge in [-0.2, -0.15) is 0 Å². The van der Waals surface area contributed by atoms with E-state index in [1.54, 1.807) is 12.1 Å². The first kappa shape index (κ1) is 25.2. The fourth-order valence-corrected chi connectivity index (χ4v) is 5.44. The van der Waals surface area contributed by atoms with E-state index < -0.39 is 67.3 Å². The maximum Gasteiger partial charge on any atom is 0.198 e. The number of rotatable bonds is 4. The van der Waals surface area contributed by atoms with E-state index in [-0.39, 0.29) is 39.5 Å². The summed E-state index contributed by atoms with van der Waals surface area (Å²) in [7, 11) is -2.31. The van der Waals surface area contributed by atoms with Crippen LogP contribution in [-0.4, -0.2) is 58.3 Å². The Morgan fingerprint density at radius 3 is 2.09 bits per heavy atom. The summed E-state index contributed by atoms with van der Waals surface area (Å²) >= 11 is 0. The van der Waals surface area contributed by atoms with Crippen molar-refractivity contribution < 1.29 is 39.2 Å². The third-order valence-corrected chi connectivity index (χ3v) is 12.2. The number of carbonyl (C=O) groups is 3. The summed E-state index contributed by atoms with van der Waals surface area (Å²) in [6.45, 7) is 9.59. The molecule has 2 aromatic rings. The van der Waals surface area contributed by atoms with Crippen LogP contribution in [0.4, 0.5) is 0 Å². The number of fused-ring (bicyclic) bond motifs is 3. The minimum atomic E-state index is -2.31. The summed E-state index contributed by atoms with van der Waals surface area (Å²) in [5.74, 6) is -3.24. The number of carbonyl (C=O) groups excluding carboxylic acids is 3. The van der Waals surface area contributed by atoms with Crippen LogP contribution in [0.5, 0.6) is 11.5 Å². The number of aliphatic hydroxyl groups is 2. The first-order valence-corrected chi connectivity index (χ1v) is 14.4. The van der Waals surface area contributed by atoms with Gasteiger partial charge in [0.2, 0.25) is 0 Å². The standard InChI is InChI=1S/C26H30O8Si/c1-25(2,3)35(4,5)34-12-17(28)26(33)10-15-18(16(27)11-26)24(32)20-19(23(15)31)21(29)13-8-6-7-9-14(13)22(20)30/h6-9,16,27,31-33H,10-12H2,1-5H3/t16-,26-/m0/s1. The quantitative estimate of drug-likeness (QED) is 0.317. The van der Waals surface area contributed by atoms with E-state index in [0.717, 1.165) is 0 Å². The molecule has 2 aliphatic carbocycles. The first-order valence-electron chi connectivity index (χ1n) is 11.5. The Balaban J connectivity index is 1.75. The molecule has 186 valence electrons. The van der Waals surface area contributed by atoms with Gasteiger partial charge in [-0.3, -0.25) is 14.4 Å². The second-order valence-electron chi connectivity index (χ2n) is 10.9. The van der Waals surface area contributed by atoms with Gasteiger partial charge in [0, 0.05) is 35.1 Å². The topological polar surface area (TPSA) is 141 Å². The Morgan fingerprint density at radius 1 is 1.06 bits per heavy atom. The molecular weight excluding hydrogens is 468 g/mol. The van der Waals surface area contributed by atoms with Gasteiger partial charge in [-0.15, -0.1) is 0 Å². The van der Waals surface area contributed by atoms with Gasteiger partial charge >= 0.3 is 0 Å². The van der Waals surface area contributed by atoms with Crippen molar-refractivity contribution in [1.82, 2.24) is 0 Å². The molecule has 0 amide bonds. The highest BCUT2D eigenvalue weighted by molar-refractivity contribution is 6.74. The second-order valence-corrected chi connectivity index (χ2v) is 15.8. The summed E-state index contributed by atoms with van der Waals surface area (Å²) < 4.78 is 5.95. The Morgan fingerprint density at radius 2 is 1.57 bits per heavy atom. The lowest BCUT2D eigenvalue weighted by molar-refractivity contribution is -0.144. The number of aliphatic hydroxyl groups excluding tert-OH is 1. The molecule has 0 radical (unpaired) electrons. The van der Waals surface area contributed by atoms with Crippen LogP contribution < -0.4 is 0 Å². The maximum atomic E-state index is 13.2. The molecular formula is C26H30O8Si. The molecule has 0 saturated heterocycles. The zero-order chi connectivity index (χ0) is 26.1. The fraction of sp³-hybridized carbons (Fsp3) is 0.423. The van der Waals surface area contributed by atoms with Crippen LogP contribution in [0.25, 0.3) is 0 Å². The lowest BCUT2D eigenvalue weighted by Crippen LogP contribution is -2.50. The molecule has 0 unspecified atom stereocenters. The minimum absolute atomic E-state index is 0.0742. The molecule has 35 heavy (non-hydrogen) atoms. The van der Waals surface area contributed by atoms with Crippen molar-refractivity contribution in [1.29, 1.82) is 0 Å². The number of hydrogen-bond donors (Lipinski definition) is 4. The summed E-state index contributed by atoms with van der Waals surface area (Å²) in [5.41, 5.74) is -3.02. The highest BCUT2D eigenvalue weighted by Gasteiger charge is 2.49. The van der Waals surface area contributed by atoms with Gasteiger partial charge in [0.15, 0.2) is 25.7 Å². The van der Waals surface area contributed by atoms with Crippen LogP contribution in [0.1, 0.15) is 76.3 Å². The molecule has 2 atom stereocenters. The zero-order valence-electron chi connectivity index (χ0n) is 20.4. The third kappa shape index (κ3) is 3.83. The molecule has 8 nitrogen and oxygen atoms in total. The smallest absolute Gasteiger partial charge is 0.198 e. The van der Waals surface area contributed by atoms with Crippen molar-refractivity contribution in [2.24, 2.45) is 0 Å². The lowest BCUT2D eigenvalue weighted by Gasteiger charge is -2.39. The van der Waals surface area contributed by atoms with Gasteiger partial charge < -0.3 is 24.9 Å². The molecule has 0 aliphatic heterocycles. The molecule has 4 rings (SSSR count). The number of ketones is 3. The molecule has 0 spiro atoms. The van der Waals surface area contributed by atoms with Crippen LogP contribution in [0.15, 0.2) is 24.3 Å². The van der Waals surface area contributed by atoms with Crippen LogP contribution in [0.2, 0.25) is 18.1 Å². The van der Waals surface area contributed by atoms with E-state index in [1.165, 1.54) is 12.1 Å². The molecule has 9 heteroatoms. The largest absolute Gasteiger partial charge is 0.507 e. The zero-order valence-corrected chi connectivity index (χ0v) is 21.4. The van der Waals surface area contributed by atoms with Gasteiger partial charge in [0.25, 0.3) is 0 Å². The molecule has 4 N–H and O–H groups in total. The summed E-state index contributed by atoms with van der Waals surface area (Å²) in [6.07, 6.45) is -2.46. The van der Waals surface area contributed by atoms with Crippen molar-refractivity contribution in [2.45, 2.75) is 63.5 Å². The number of aromatic hydroxyl groups is 2. The molecule has 0 heterocycles. The maximum absolute atomic E-state index is 13.2. The van der Waals surface area contributed by atoms with E-state index >= 15 is 0 Å². The molecule has 2 aliphatic rings. The Hall–Kier alpha value is -2.85. The van der Waals surface area contributed by atoms with Gasteiger partial charge in [-0.1, -0.05) is 45.0 Å². The van der Waals surface area contributed by atoms with E-state index in [0.29, 0.717) is 0 Å². The van der Waals surface area contributed by atoms with Gasteiger partial charge in [-0.25, -0.2) is 0 Å². The number of Topliss-reactive ketones (excluding diaryl/α,β-unsaturated/α-hetero) is 1. The fourth-order valence-electron chi connectivity index (χ4n) is 4.52. The van der Waals surface area contributed by atoms with Crippen molar-refractivity contribution >= 4 is 25.7 Å². The predicted molar refractivity (Wildman–Crippen MR) is 129 cm³/mol.